The predicted molar refractivity (Wildman–Crippen MR) is 76.6 cm³/mol. The fraction of sp³-hybridized carbons (Fsp3) is 0.600. The lowest BCUT2D eigenvalue weighted by Gasteiger charge is -2.08. The van der Waals surface area contributed by atoms with Crippen LogP contribution in [0, 0.1) is 0 Å². The molecular formula is C10H17N5O2S2. The van der Waals surface area contributed by atoms with Crippen molar-refractivity contribution in [2.24, 2.45) is 0 Å². The quantitative estimate of drug-likeness (QED) is 0.685. The summed E-state index contributed by atoms with van der Waals surface area (Å²) in [4.78, 5) is 22.8. The van der Waals surface area contributed by atoms with Gasteiger partial charge in [0, 0.05) is 12.6 Å². The van der Waals surface area contributed by atoms with Crippen LogP contribution < -0.4 is 16.0 Å². The number of rotatable bonds is 6. The van der Waals surface area contributed by atoms with E-state index < -0.39 is 6.03 Å². The molecule has 0 saturated heterocycles. The van der Waals surface area contributed by atoms with Gasteiger partial charge in [0.25, 0.3) is 0 Å². The van der Waals surface area contributed by atoms with Crippen LogP contribution in [0.5, 0.6) is 0 Å². The number of imide groups is 1. The summed E-state index contributed by atoms with van der Waals surface area (Å²) in [5.41, 5.74) is 0. The van der Waals surface area contributed by atoms with Gasteiger partial charge >= 0.3 is 6.03 Å². The molecule has 0 aliphatic rings. The molecule has 0 aliphatic heterocycles. The van der Waals surface area contributed by atoms with Crippen molar-refractivity contribution < 1.29 is 9.59 Å². The second kappa shape index (κ2) is 7.95. The maximum atomic E-state index is 11.5. The van der Waals surface area contributed by atoms with Crippen LogP contribution in [0.3, 0.4) is 0 Å². The Kier molecular flexibility index (Phi) is 6.57. The van der Waals surface area contributed by atoms with E-state index >= 15 is 0 Å². The number of urea groups is 1. The summed E-state index contributed by atoms with van der Waals surface area (Å²) in [5, 5.41) is 16.4. The molecule has 0 saturated carbocycles. The Morgan fingerprint density at radius 2 is 2.11 bits per heavy atom. The van der Waals surface area contributed by atoms with Crippen molar-refractivity contribution in [3.05, 3.63) is 0 Å². The highest BCUT2D eigenvalue weighted by molar-refractivity contribution is 8.01. The number of nitrogens with one attached hydrogen (secondary N) is 3. The van der Waals surface area contributed by atoms with Gasteiger partial charge in [0.1, 0.15) is 0 Å². The van der Waals surface area contributed by atoms with Crippen molar-refractivity contribution >= 4 is 40.2 Å². The molecule has 0 bridgehead atoms. The zero-order valence-electron chi connectivity index (χ0n) is 11.0. The Morgan fingerprint density at radius 1 is 1.37 bits per heavy atom. The summed E-state index contributed by atoms with van der Waals surface area (Å²) in [6.45, 7) is 6.38. The third-order valence-electron chi connectivity index (χ3n) is 1.73. The molecule has 0 aromatic carbocycles. The number of aromatic nitrogens is 2. The molecule has 0 atom stereocenters. The van der Waals surface area contributed by atoms with Gasteiger partial charge in [0.15, 0.2) is 4.34 Å². The first-order valence-corrected chi connectivity index (χ1v) is 7.62. The van der Waals surface area contributed by atoms with E-state index in [-0.39, 0.29) is 17.7 Å². The highest BCUT2D eigenvalue weighted by Crippen LogP contribution is 2.24. The number of carbonyl (C=O) groups excluding carboxylic acids is 2. The highest BCUT2D eigenvalue weighted by Gasteiger charge is 2.11. The molecule has 1 rings (SSSR count). The molecule has 0 fully saturated rings. The molecule has 106 valence electrons. The minimum absolute atomic E-state index is 0.00806. The van der Waals surface area contributed by atoms with Crippen LogP contribution in [-0.2, 0) is 4.79 Å². The van der Waals surface area contributed by atoms with Crippen molar-refractivity contribution in [1.29, 1.82) is 0 Å². The van der Waals surface area contributed by atoms with E-state index in [1.165, 1.54) is 23.1 Å². The second-order valence-corrected chi connectivity index (χ2v) is 6.07. The fourth-order valence-corrected chi connectivity index (χ4v) is 2.70. The van der Waals surface area contributed by atoms with Crippen LogP contribution in [0.4, 0.5) is 9.93 Å². The number of hydrogen-bond acceptors (Lipinski definition) is 7. The smallest absolute Gasteiger partial charge is 0.321 e. The molecule has 0 unspecified atom stereocenters. The van der Waals surface area contributed by atoms with Crippen LogP contribution in [-0.4, -0.2) is 40.5 Å². The van der Waals surface area contributed by atoms with E-state index in [9.17, 15) is 9.59 Å². The lowest BCUT2D eigenvalue weighted by Crippen LogP contribution is -2.43. The maximum absolute atomic E-state index is 11.5. The molecule has 9 heteroatoms. The Morgan fingerprint density at radius 3 is 2.74 bits per heavy atom. The lowest BCUT2D eigenvalue weighted by atomic mass is 10.4. The fourth-order valence-electron chi connectivity index (χ4n) is 1.08. The first-order chi connectivity index (χ1) is 9.01. The van der Waals surface area contributed by atoms with Crippen LogP contribution in [0.25, 0.3) is 0 Å². The van der Waals surface area contributed by atoms with Gasteiger partial charge in [-0.05, 0) is 20.8 Å². The first kappa shape index (κ1) is 15.7. The predicted octanol–water partition coefficient (Wildman–Crippen LogP) is 1.30. The van der Waals surface area contributed by atoms with Crippen molar-refractivity contribution in [3.63, 3.8) is 0 Å². The van der Waals surface area contributed by atoms with Crippen molar-refractivity contribution in [1.82, 2.24) is 20.8 Å². The van der Waals surface area contributed by atoms with E-state index in [1.54, 1.807) is 0 Å². The molecule has 7 nitrogen and oxygen atoms in total. The number of carbonyl (C=O) groups is 2. The zero-order chi connectivity index (χ0) is 14.3. The summed E-state index contributed by atoms with van der Waals surface area (Å²) in [7, 11) is 0. The molecule has 0 aliphatic carbocycles. The van der Waals surface area contributed by atoms with Gasteiger partial charge in [-0.1, -0.05) is 23.1 Å². The van der Waals surface area contributed by atoms with E-state index in [4.69, 9.17) is 0 Å². The molecule has 1 aromatic rings. The third-order valence-corrected chi connectivity index (χ3v) is 3.75. The Bertz CT molecular complexity index is 435. The van der Waals surface area contributed by atoms with E-state index in [1.807, 2.05) is 20.8 Å². The van der Waals surface area contributed by atoms with Crippen LogP contribution in [0.2, 0.25) is 0 Å². The second-order valence-electron chi connectivity index (χ2n) is 3.87. The van der Waals surface area contributed by atoms with Gasteiger partial charge < -0.3 is 10.6 Å². The Hall–Kier alpha value is -1.35. The minimum Gasteiger partial charge on any atom is -0.360 e. The molecule has 3 amide bonds. The topological polar surface area (TPSA) is 96.0 Å². The summed E-state index contributed by atoms with van der Waals surface area (Å²) in [5.74, 6) is -0.227. The highest BCUT2D eigenvalue weighted by atomic mass is 32.2. The molecule has 1 aromatic heterocycles. The summed E-state index contributed by atoms with van der Waals surface area (Å²) >= 11 is 2.63. The molecule has 3 N–H and O–H groups in total. The number of anilines is 1. The van der Waals surface area contributed by atoms with E-state index in [0.29, 0.717) is 4.34 Å². The number of nitrogens with zero attached hydrogens (tertiary/aromatic N) is 2. The molecule has 0 spiro atoms. The van der Waals surface area contributed by atoms with Crippen LogP contribution in [0.1, 0.15) is 20.8 Å². The Balaban J connectivity index is 2.31. The number of hydrogen-bond donors (Lipinski definition) is 3. The van der Waals surface area contributed by atoms with Gasteiger partial charge in [-0.3, -0.25) is 10.1 Å². The van der Waals surface area contributed by atoms with Gasteiger partial charge in [0.05, 0.1) is 5.75 Å². The first-order valence-electron chi connectivity index (χ1n) is 5.81. The van der Waals surface area contributed by atoms with E-state index in [2.05, 4.69) is 26.1 Å². The normalized spacial score (nSPS) is 10.3. The molecule has 1 heterocycles. The standard InChI is InChI=1S/C10H17N5O2S2/c1-4-11-9-14-15-10(19-9)18-5-7(16)13-8(17)12-6(2)3/h6H,4-5H2,1-3H3,(H,11,14)(H2,12,13,16,17). The third kappa shape index (κ3) is 6.39. The average molecular weight is 303 g/mol. The van der Waals surface area contributed by atoms with Crippen molar-refractivity contribution in [2.75, 3.05) is 17.6 Å². The average Bonchev–Trinajstić information content (AvgIpc) is 2.73. The van der Waals surface area contributed by atoms with Crippen molar-refractivity contribution in [2.45, 2.75) is 31.2 Å². The zero-order valence-corrected chi connectivity index (χ0v) is 12.7. The van der Waals surface area contributed by atoms with Crippen LogP contribution in [0.15, 0.2) is 4.34 Å². The van der Waals surface area contributed by atoms with Crippen molar-refractivity contribution in [3.8, 4) is 0 Å². The summed E-state index contributed by atoms with van der Waals surface area (Å²) in [6.07, 6.45) is 0. The van der Waals surface area contributed by atoms with Gasteiger partial charge in [-0.15, -0.1) is 10.2 Å². The monoisotopic (exact) mass is 303 g/mol. The van der Waals surface area contributed by atoms with Crippen LogP contribution >= 0.6 is 23.1 Å². The van der Waals surface area contributed by atoms with Gasteiger partial charge in [0.2, 0.25) is 11.0 Å². The Labute approximate surface area is 119 Å². The van der Waals surface area contributed by atoms with Gasteiger partial charge in [-0.25, -0.2) is 4.79 Å². The molecule has 0 radical (unpaired) electrons. The maximum Gasteiger partial charge on any atom is 0.321 e. The largest absolute Gasteiger partial charge is 0.360 e. The number of amides is 3. The number of thioether (sulfide) groups is 1. The SMILES string of the molecule is CCNc1nnc(SCC(=O)NC(=O)NC(C)C)s1. The summed E-state index contributed by atoms with van der Waals surface area (Å²) in [6, 6.07) is -0.488. The minimum atomic E-state index is -0.480. The lowest BCUT2D eigenvalue weighted by molar-refractivity contribution is -0.117. The van der Waals surface area contributed by atoms with E-state index in [0.717, 1.165) is 11.7 Å². The molecular weight excluding hydrogens is 286 g/mol. The molecule has 19 heavy (non-hydrogen) atoms. The summed E-state index contributed by atoms with van der Waals surface area (Å²) < 4.78 is 0.690. The van der Waals surface area contributed by atoms with Gasteiger partial charge in [-0.2, -0.15) is 0 Å².